The Morgan fingerprint density at radius 1 is 1.15 bits per heavy atom. The molecule has 1 amide bonds. The summed E-state index contributed by atoms with van der Waals surface area (Å²) in [6, 6.07) is 0. The third-order valence-electron chi connectivity index (χ3n) is 4.23. The van der Waals surface area contributed by atoms with Crippen LogP contribution in [0.4, 0.5) is 0 Å². The summed E-state index contributed by atoms with van der Waals surface area (Å²) in [7, 11) is 1.75. The number of nitrogens with zero attached hydrogens (tertiary/aromatic N) is 1. The number of ether oxygens (including phenoxy) is 1. The predicted octanol–water partition coefficient (Wildman–Crippen LogP) is 2.43. The van der Waals surface area contributed by atoms with E-state index >= 15 is 0 Å². The molecule has 4 heteroatoms. The van der Waals surface area contributed by atoms with Crippen LogP contribution in [-0.2, 0) is 9.53 Å². The second-order valence-electron chi connectivity index (χ2n) is 5.76. The van der Waals surface area contributed by atoms with Gasteiger partial charge in [0.25, 0.3) is 0 Å². The van der Waals surface area contributed by atoms with Crippen molar-refractivity contribution in [2.45, 2.75) is 51.9 Å². The van der Waals surface area contributed by atoms with Crippen molar-refractivity contribution in [3.05, 3.63) is 0 Å². The SMILES string of the molecule is CCN1CCC(C(=O)NCCCCCCCOC)CC1. The van der Waals surface area contributed by atoms with Gasteiger partial charge >= 0.3 is 0 Å². The van der Waals surface area contributed by atoms with Gasteiger partial charge < -0.3 is 15.0 Å². The zero-order valence-electron chi connectivity index (χ0n) is 13.3. The second kappa shape index (κ2) is 11.1. The molecule has 1 aliphatic rings. The minimum absolute atomic E-state index is 0.250. The van der Waals surface area contributed by atoms with E-state index in [1.54, 1.807) is 7.11 Å². The zero-order chi connectivity index (χ0) is 14.6. The van der Waals surface area contributed by atoms with Crippen LogP contribution in [0.5, 0.6) is 0 Å². The van der Waals surface area contributed by atoms with E-state index in [-0.39, 0.29) is 11.8 Å². The van der Waals surface area contributed by atoms with Crippen molar-refractivity contribution >= 4 is 5.91 Å². The molecule has 0 atom stereocenters. The Balaban J connectivity index is 1.95. The summed E-state index contributed by atoms with van der Waals surface area (Å²) in [5.41, 5.74) is 0. The summed E-state index contributed by atoms with van der Waals surface area (Å²) in [4.78, 5) is 14.4. The Morgan fingerprint density at radius 2 is 1.80 bits per heavy atom. The van der Waals surface area contributed by atoms with E-state index in [9.17, 15) is 4.79 Å². The highest BCUT2D eigenvalue weighted by Gasteiger charge is 2.23. The smallest absolute Gasteiger partial charge is 0.223 e. The molecule has 0 aromatic carbocycles. The molecule has 1 heterocycles. The summed E-state index contributed by atoms with van der Waals surface area (Å²) in [6.07, 6.45) is 7.99. The predicted molar refractivity (Wildman–Crippen MR) is 82.8 cm³/mol. The Kier molecular flexibility index (Phi) is 9.67. The minimum atomic E-state index is 0.250. The lowest BCUT2D eigenvalue weighted by molar-refractivity contribution is -0.126. The average molecular weight is 284 g/mol. The van der Waals surface area contributed by atoms with Crippen molar-refractivity contribution in [3.63, 3.8) is 0 Å². The van der Waals surface area contributed by atoms with Crippen molar-refractivity contribution in [3.8, 4) is 0 Å². The van der Waals surface area contributed by atoms with Crippen molar-refractivity contribution in [1.82, 2.24) is 10.2 Å². The van der Waals surface area contributed by atoms with E-state index in [2.05, 4.69) is 17.1 Å². The fourth-order valence-corrected chi connectivity index (χ4v) is 2.77. The van der Waals surface area contributed by atoms with Gasteiger partial charge in [0.1, 0.15) is 0 Å². The first-order chi connectivity index (χ1) is 9.77. The van der Waals surface area contributed by atoms with E-state index in [4.69, 9.17) is 4.74 Å². The molecular formula is C16H32N2O2. The molecule has 4 nitrogen and oxygen atoms in total. The Bertz CT molecular complexity index is 251. The van der Waals surface area contributed by atoms with Crippen LogP contribution >= 0.6 is 0 Å². The first-order valence-electron chi connectivity index (χ1n) is 8.27. The van der Waals surface area contributed by atoms with Gasteiger partial charge in [0.2, 0.25) is 5.91 Å². The standard InChI is InChI=1S/C16H32N2O2/c1-3-18-12-9-15(10-13-18)16(19)17-11-7-5-4-6-8-14-20-2/h15H,3-14H2,1-2H3,(H,17,19). The van der Waals surface area contributed by atoms with Gasteiger partial charge in [-0.25, -0.2) is 0 Å². The number of unbranched alkanes of at least 4 members (excludes halogenated alkanes) is 4. The number of rotatable bonds is 10. The molecule has 118 valence electrons. The highest BCUT2D eigenvalue weighted by atomic mass is 16.5. The number of carbonyl (C=O) groups excluding carboxylic acids is 1. The van der Waals surface area contributed by atoms with Gasteiger partial charge in [-0.05, 0) is 45.3 Å². The largest absolute Gasteiger partial charge is 0.385 e. The number of nitrogens with one attached hydrogen (secondary N) is 1. The maximum atomic E-state index is 12.0. The third-order valence-corrected chi connectivity index (χ3v) is 4.23. The van der Waals surface area contributed by atoms with Crippen molar-refractivity contribution < 1.29 is 9.53 Å². The van der Waals surface area contributed by atoms with Crippen LogP contribution in [0.3, 0.4) is 0 Å². The first-order valence-corrected chi connectivity index (χ1v) is 8.27. The van der Waals surface area contributed by atoms with Gasteiger partial charge in [-0.3, -0.25) is 4.79 Å². The molecule has 0 spiro atoms. The normalized spacial score (nSPS) is 17.3. The molecule has 0 saturated carbocycles. The molecule has 0 aromatic heterocycles. The molecule has 1 N–H and O–H groups in total. The number of likely N-dealkylation sites (tertiary alicyclic amines) is 1. The molecular weight excluding hydrogens is 252 g/mol. The summed E-state index contributed by atoms with van der Waals surface area (Å²) >= 11 is 0. The molecule has 1 rings (SSSR count). The van der Waals surface area contributed by atoms with Crippen molar-refractivity contribution in [2.75, 3.05) is 39.9 Å². The first kappa shape index (κ1) is 17.4. The topological polar surface area (TPSA) is 41.6 Å². The van der Waals surface area contributed by atoms with Gasteiger partial charge in [-0.15, -0.1) is 0 Å². The Hall–Kier alpha value is -0.610. The fraction of sp³-hybridized carbons (Fsp3) is 0.938. The summed E-state index contributed by atoms with van der Waals surface area (Å²) in [5, 5.41) is 3.11. The van der Waals surface area contributed by atoms with Gasteiger partial charge in [0.05, 0.1) is 0 Å². The zero-order valence-corrected chi connectivity index (χ0v) is 13.3. The molecule has 1 aliphatic heterocycles. The summed E-state index contributed by atoms with van der Waals surface area (Å²) in [5.74, 6) is 0.527. The molecule has 0 aliphatic carbocycles. The molecule has 1 saturated heterocycles. The maximum Gasteiger partial charge on any atom is 0.223 e. The third kappa shape index (κ3) is 7.25. The number of amides is 1. The monoisotopic (exact) mass is 284 g/mol. The molecule has 20 heavy (non-hydrogen) atoms. The lowest BCUT2D eigenvalue weighted by Crippen LogP contribution is -2.40. The van der Waals surface area contributed by atoms with Crippen LogP contribution in [0.2, 0.25) is 0 Å². The number of methoxy groups -OCH3 is 1. The van der Waals surface area contributed by atoms with Gasteiger partial charge in [-0.2, -0.15) is 0 Å². The highest BCUT2D eigenvalue weighted by Crippen LogP contribution is 2.16. The molecule has 0 radical (unpaired) electrons. The van der Waals surface area contributed by atoms with Crippen LogP contribution < -0.4 is 5.32 Å². The minimum Gasteiger partial charge on any atom is -0.385 e. The van der Waals surface area contributed by atoms with Crippen molar-refractivity contribution in [1.29, 1.82) is 0 Å². The number of carbonyl (C=O) groups is 1. The summed E-state index contributed by atoms with van der Waals surface area (Å²) < 4.78 is 5.02. The van der Waals surface area contributed by atoms with Crippen LogP contribution in [0.15, 0.2) is 0 Å². The Morgan fingerprint density at radius 3 is 2.45 bits per heavy atom. The second-order valence-corrected chi connectivity index (χ2v) is 5.76. The molecule has 0 bridgehead atoms. The molecule has 1 fully saturated rings. The van der Waals surface area contributed by atoms with E-state index in [1.165, 1.54) is 19.3 Å². The summed E-state index contributed by atoms with van der Waals surface area (Å²) in [6.45, 7) is 7.16. The Labute approximate surface area is 124 Å². The lowest BCUT2D eigenvalue weighted by atomic mass is 9.96. The number of piperidine rings is 1. The van der Waals surface area contributed by atoms with E-state index < -0.39 is 0 Å². The quantitative estimate of drug-likeness (QED) is 0.627. The van der Waals surface area contributed by atoms with Crippen LogP contribution in [0, 0.1) is 5.92 Å². The van der Waals surface area contributed by atoms with E-state index in [1.807, 2.05) is 0 Å². The number of hydrogen-bond acceptors (Lipinski definition) is 3. The average Bonchev–Trinajstić information content (AvgIpc) is 2.50. The van der Waals surface area contributed by atoms with Crippen molar-refractivity contribution in [2.24, 2.45) is 5.92 Å². The fourth-order valence-electron chi connectivity index (χ4n) is 2.77. The molecule has 0 aromatic rings. The number of hydrogen-bond donors (Lipinski definition) is 1. The van der Waals surface area contributed by atoms with Gasteiger partial charge in [0.15, 0.2) is 0 Å². The van der Waals surface area contributed by atoms with Crippen LogP contribution in [0.1, 0.15) is 51.9 Å². The van der Waals surface area contributed by atoms with E-state index in [0.717, 1.165) is 58.5 Å². The highest BCUT2D eigenvalue weighted by molar-refractivity contribution is 5.78. The van der Waals surface area contributed by atoms with Gasteiger partial charge in [-0.1, -0.05) is 26.2 Å². The lowest BCUT2D eigenvalue weighted by Gasteiger charge is -2.30. The van der Waals surface area contributed by atoms with Gasteiger partial charge in [0, 0.05) is 26.2 Å². The maximum absolute atomic E-state index is 12.0. The molecule has 0 unspecified atom stereocenters. The van der Waals surface area contributed by atoms with E-state index in [0.29, 0.717) is 0 Å². The van der Waals surface area contributed by atoms with Crippen LogP contribution in [-0.4, -0.2) is 50.7 Å². The van der Waals surface area contributed by atoms with Crippen LogP contribution in [0.25, 0.3) is 0 Å².